The molecule has 0 aliphatic heterocycles. The number of rotatable bonds is 7. The molecule has 0 heterocycles. The van der Waals surface area contributed by atoms with Gasteiger partial charge < -0.3 is 20.6 Å². The molecule has 1 aromatic rings. The van der Waals surface area contributed by atoms with Crippen LogP contribution in [0.4, 0.5) is 0 Å². The van der Waals surface area contributed by atoms with E-state index in [4.69, 9.17) is 21.1 Å². The van der Waals surface area contributed by atoms with Crippen LogP contribution in [0.5, 0.6) is 11.5 Å². The minimum atomic E-state index is -0.0829. The van der Waals surface area contributed by atoms with Gasteiger partial charge in [0.2, 0.25) is 5.88 Å². The number of nitrogens with one attached hydrogen (secondary N) is 1. The van der Waals surface area contributed by atoms with Crippen LogP contribution >= 0.6 is 0 Å². The number of allylic oxidation sites excluding steroid dienone is 1. The Kier molecular flexibility index (Phi) is 5.45. The summed E-state index contributed by atoms with van der Waals surface area (Å²) in [7, 11) is 0. The molecule has 0 radical (unpaired) electrons. The molecule has 2 rings (SSSR count). The van der Waals surface area contributed by atoms with Crippen LogP contribution in [0, 0.1) is 5.92 Å². The van der Waals surface area contributed by atoms with E-state index in [9.17, 15) is 4.79 Å². The minimum Gasteiger partial charge on any atom is -0.493 e. The van der Waals surface area contributed by atoms with Gasteiger partial charge >= 0.3 is 0 Å². The lowest BCUT2D eigenvalue weighted by Gasteiger charge is -2.13. The molecule has 6 nitrogen and oxygen atoms in total. The van der Waals surface area contributed by atoms with Crippen molar-refractivity contribution in [1.29, 1.82) is 0 Å². The Bertz CT molecular complexity index is 511. The lowest BCUT2D eigenvalue weighted by molar-refractivity contribution is -0.105. The van der Waals surface area contributed by atoms with Crippen LogP contribution in [-0.4, -0.2) is 12.9 Å². The summed E-state index contributed by atoms with van der Waals surface area (Å²) in [5, 5.41) is 0. The van der Waals surface area contributed by atoms with Gasteiger partial charge in [-0.2, -0.15) is 0 Å². The number of nitrogens with two attached hydrogens (primary N) is 2. The molecule has 1 aliphatic carbocycles. The number of aldehydes is 1. The van der Waals surface area contributed by atoms with E-state index in [0.717, 1.165) is 12.4 Å². The first-order valence-corrected chi connectivity index (χ1v) is 7.05. The summed E-state index contributed by atoms with van der Waals surface area (Å²) in [6.07, 6.45) is 5.54. The highest BCUT2D eigenvalue weighted by Gasteiger charge is 2.15. The molecule has 1 fully saturated rings. The number of hydrogen-bond acceptors (Lipinski definition) is 6. The van der Waals surface area contributed by atoms with E-state index in [1.54, 1.807) is 12.1 Å². The van der Waals surface area contributed by atoms with E-state index in [1.807, 2.05) is 12.1 Å². The standard InChI is InChI=1S/C15H21N3O3/c16-15(14(9-19)18-17)21-13-7-3-6-12(8-13)20-10-11-4-1-2-5-11/h3,6-9,11,18H,1-2,4-5,10,16-17H2/b15-14+. The number of hydrazine groups is 1. The minimum absolute atomic E-state index is 0.00715. The summed E-state index contributed by atoms with van der Waals surface area (Å²) >= 11 is 0. The topological polar surface area (TPSA) is 99.6 Å². The fourth-order valence-electron chi connectivity index (χ4n) is 2.36. The average molecular weight is 291 g/mol. The maximum absolute atomic E-state index is 10.7. The normalized spacial score (nSPS) is 16.2. The summed E-state index contributed by atoms with van der Waals surface area (Å²) < 4.78 is 11.2. The molecule has 5 N–H and O–H groups in total. The van der Waals surface area contributed by atoms with Gasteiger partial charge in [-0.05, 0) is 30.9 Å². The second-order valence-electron chi connectivity index (χ2n) is 5.08. The Balaban J connectivity index is 1.96. The van der Waals surface area contributed by atoms with Crippen molar-refractivity contribution in [2.24, 2.45) is 17.5 Å². The average Bonchev–Trinajstić information content (AvgIpc) is 3.00. The summed E-state index contributed by atoms with van der Waals surface area (Å²) in [5.41, 5.74) is 7.81. The quantitative estimate of drug-likeness (QED) is 0.231. The molecule has 0 bridgehead atoms. The predicted octanol–water partition coefficient (Wildman–Crippen LogP) is 1.42. The number of carbonyl (C=O) groups is 1. The molecule has 114 valence electrons. The molecule has 0 amide bonds. The van der Waals surface area contributed by atoms with Gasteiger partial charge in [-0.1, -0.05) is 18.9 Å². The number of carbonyl (C=O) groups excluding carboxylic acids is 1. The first-order chi connectivity index (χ1) is 10.2. The van der Waals surface area contributed by atoms with Crippen molar-refractivity contribution < 1.29 is 14.3 Å². The molecule has 0 spiro atoms. The third-order valence-electron chi connectivity index (χ3n) is 3.53. The molecule has 0 atom stereocenters. The van der Waals surface area contributed by atoms with Crippen molar-refractivity contribution in [1.82, 2.24) is 5.43 Å². The van der Waals surface area contributed by atoms with Crippen LogP contribution in [0.25, 0.3) is 0 Å². The van der Waals surface area contributed by atoms with Crippen molar-refractivity contribution in [3.8, 4) is 11.5 Å². The molecule has 0 unspecified atom stereocenters. The van der Waals surface area contributed by atoms with Crippen LogP contribution in [0.15, 0.2) is 35.8 Å². The number of ether oxygens (including phenoxy) is 2. The monoisotopic (exact) mass is 291 g/mol. The maximum atomic E-state index is 10.7. The second kappa shape index (κ2) is 7.54. The zero-order chi connectivity index (χ0) is 15.1. The first-order valence-electron chi connectivity index (χ1n) is 7.05. The summed E-state index contributed by atoms with van der Waals surface area (Å²) in [5.74, 6) is 6.93. The van der Waals surface area contributed by atoms with Gasteiger partial charge in [-0.25, -0.2) is 0 Å². The van der Waals surface area contributed by atoms with E-state index < -0.39 is 0 Å². The number of benzene rings is 1. The molecule has 0 aromatic heterocycles. The smallest absolute Gasteiger partial charge is 0.219 e. The third-order valence-corrected chi connectivity index (χ3v) is 3.53. The molecule has 6 heteroatoms. The van der Waals surface area contributed by atoms with Crippen LogP contribution < -0.4 is 26.5 Å². The van der Waals surface area contributed by atoms with Gasteiger partial charge in [0, 0.05) is 6.07 Å². The van der Waals surface area contributed by atoms with Crippen LogP contribution in [-0.2, 0) is 4.79 Å². The predicted molar refractivity (Wildman–Crippen MR) is 79.1 cm³/mol. The lowest BCUT2D eigenvalue weighted by Crippen LogP contribution is -2.27. The summed E-state index contributed by atoms with van der Waals surface area (Å²) in [4.78, 5) is 10.7. The molecule has 21 heavy (non-hydrogen) atoms. The Morgan fingerprint density at radius 3 is 2.71 bits per heavy atom. The van der Waals surface area contributed by atoms with Crippen molar-refractivity contribution in [2.75, 3.05) is 6.61 Å². The fourth-order valence-corrected chi connectivity index (χ4v) is 2.36. The Hall–Kier alpha value is -2.21. The highest BCUT2D eigenvalue weighted by atomic mass is 16.5. The fraction of sp³-hybridized carbons (Fsp3) is 0.400. The van der Waals surface area contributed by atoms with E-state index in [2.05, 4.69) is 5.43 Å². The molecular formula is C15H21N3O3. The van der Waals surface area contributed by atoms with Gasteiger partial charge in [0.25, 0.3) is 0 Å². The van der Waals surface area contributed by atoms with Crippen molar-refractivity contribution >= 4 is 6.29 Å². The molecule has 1 aliphatic rings. The summed E-state index contributed by atoms with van der Waals surface area (Å²) in [6.45, 7) is 0.721. The van der Waals surface area contributed by atoms with Gasteiger partial charge in [0.1, 0.15) is 17.2 Å². The SMILES string of the molecule is NN/C(C=O)=C(\N)Oc1cccc(OCC2CCCC2)c1. The van der Waals surface area contributed by atoms with Crippen LogP contribution in [0.1, 0.15) is 25.7 Å². The molecule has 1 aromatic carbocycles. The third kappa shape index (κ3) is 4.39. The summed E-state index contributed by atoms with van der Waals surface area (Å²) in [6, 6.07) is 7.14. The van der Waals surface area contributed by atoms with Crippen LogP contribution in [0.2, 0.25) is 0 Å². The number of hydrogen-bond donors (Lipinski definition) is 3. The highest BCUT2D eigenvalue weighted by molar-refractivity contribution is 5.72. The van der Waals surface area contributed by atoms with Gasteiger partial charge in [-0.15, -0.1) is 0 Å². The largest absolute Gasteiger partial charge is 0.493 e. The second-order valence-corrected chi connectivity index (χ2v) is 5.08. The molecule has 0 saturated heterocycles. The van der Waals surface area contributed by atoms with Crippen molar-refractivity contribution in [2.45, 2.75) is 25.7 Å². The van der Waals surface area contributed by atoms with Crippen LogP contribution in [0.3, 0.4) is 0 Å². The lowest BCUT2D eigenvalue weighted by atomic mass is 10.1. The van der Waals surface area contributed by atoms with Crippen molar-refractivity contribution in [3.63, 3.8) is 0 Å². The van der Waals surface area contributed by atoms with E-state index >= 15 is 0 Å². The zero-order valence-corrected chi connectivity index (χ0v) is 11.9. The van der Waals surface area contributed by atoms with Gasteiger partial charge in [-0.3, -0.25) is 10.6 Å². The zero-order valence-electron chi connectivity index (χ0n) is 11.9. The highest BCUT2D eigenvalue weighted by Crippen LogP contribution is 2.27. The van der Waals surface area contributed by atoms with Gasteiger partial charge in [0.15, 0.2) is 6.29 Å². The van der Waals surface area contributed by atoms with Gasteiger partial charge in [0.05, 0.1) is 6.61 Å². The maximum Gasteiger partial charge on any atom is 0.219 e. The van der Waals surface area contributed by atoms with E-state index in [0.29, 0.717) is 18.0 Å². The van der Waals surface area contributed by atoms with E-state index in [1.165, 1.54) is 25.7 Å². The Labute approximate surface area is 124 Å². The first kappa shape index (κ1) is 15.2. The Morgan fingerprint density at radius 2 is 2.05 bits per heavy atom. The Morgan fingerprint density at radius 1 is 1.33 bits per heavy atom. The van der Waals surface area contributed by atoms with Crippen molar-refractivity contribution in [3.05, 3.63) is 35.8 Å². The molecule has 1 saturated carbocycles. The molecular weight excluding hydrogens is 270 g/mol. The van der Waals surface area contributed by atoms with E-state index in [-0.39, 0.29) is 11.6 Å².